The zero-order valence-corrected chi connectivity index (χ0v) is 18.5. The third-order valence-electron chi connectivity index (χ3n) is 6.23. The Labute approximate surface area is 186 Å². The number of hydrogen-bond donors (Lipinski definition) is 1. The zero-order chi connectivity index (χ0) is 22.1. The van der Waals surface area contributed by atoms with E-state index in [1.165, 1.54) is 18.2 Å². The van der Waals surface area contributed by atoms with Gasteiger partial charge < -0.3 is 19.5 Å². The normalized spacial score (nSPS) is 19.2. The van der Waals surface area contributed by atoms with Crippen LogP contribution in [-0.4, -0.2) is 40.5 Å². The first kappa shape index (κ1) is 21.8. The summed E-state index contributed by atoms with van der Waals surface area (Å²) in [6, 6.07) is 5.54. The Morgan fingerprint density at radius 3 is 2.84 bits per heavy atom. The van der Waals surface area contributed by atoms with Crippen molar-refractivity contribution in [3.63, 3.8) is 0 Å². The van der Waals surface area contributed by atoms with Gasteiger partial charge in [0, 0.05) is 24.2 Å². The molecule has 1 saturated heterocycles. The molecule has 1 unspecified atom stereocenters. The summed E-state index contributed by atoms with van der Waals surface area (Å²) < 4.78 is 21.3. The average Bonchev–Trinajstić information content (AvgIpc) is 3.37. The summed E-state index contributed by atoms with van der Waals surface area (Å²) in [5, 5.41) is 3.36. The number of nitrogens with zero attached hydrogens (tertiary/aromatic N) is 2. The summed E-state index contributed by atoms with van der Waals surface area (Å²) in [6.07, 6.45) is 2.52. The summed E-state index contributed by atoms with van der Waals surface area (Å²) in [5.74, 6) is -0.781. The summed E-state index contributed by atoms with van der Waals surface area (Å²) >= 11 is 6.25. The Kier molecular flexibility index (Phi) is 6.34. The molecule has 2 amide bonds. The van der Waals surface area contributed by atoms with Gasteiger partial charge >= 0.3 is 0 Å². The lowest BCUT2D eigenvalue weighted by Crippen LogP contribution is -2.35. The van der Waals surface area contributed by atoms with Gasteiger partial charge in [-0.2, -0.15) is 0 Å². The number of benzene rings is 1. The van der Waals surface area contributed by atoms with Crippen molar-refractivity contribution in [2.45, 2.75) is 58.3 Å². The second-order valence-corrected chi connectivity index (χ2v) is 8.59. The van der Waals surface area contributed by atoms with Gasteiger partial charge in [0.15, 0.2) is 0 Å². The van der Waals surface area contributed by atoms with Crippen LogP contribution < -0.4 is 5.32 Å². The fourth-order valence-corrected chi connectivity index (χ4v) is 4.75. The molecule has 2 aliphatic heterocycles. The summed E-state index contributed by atoms with van der Waals surface area (Å²) in [4.78, 5) is 28.3. The lowest BCUT2D eigenvalue weighted by atomic mass is 10.0. The third-order valence-corrected chi connectivity index (χ3v) is 6.58. The fraction of sp³-hybridized carbons (Fsp3) is 0.478. The fourth-order valence-electron chi connectivity index (χ4n) is 4.50. The largest absolute Gasteiger partial charge is 0.373 e. The summed E-state index contributed by atoms with van der Waals surface area (Å²) in [5.41, 5.74) is 2.16. The molecule has 4 rings (SSSR count). The van der Waals surface area contributed by atoms with Gasteiger partial charge in [-0.05, 0) is 56.0 Å². The van der Waals surface area contributed by atoms with E-state index < -0.39 is 11.9 Å². The summed E-state index contributed by atoms with van der Waals surface area (Å²) in [7, 11) is 0. The second kappa shape index (κ2) is 9.01. The Bertz CT molecular complexity index is 1010. The molecule has 2 aromatic rings. The molecule has 0 aliphatic carbocycles. The molecule has 8 heteroatoms. The molecule has 6 nitrogen and oxygen atoms in total. The van der Waals surface area contributed by atoms with Crippen LogP contribution in [0.3, 0.4) is 0 Å². The Morgan fingerprint density at radius 2 is 2.13 bits per heavy atom. The molecule has 0 saturated carbocycles. The Balaban J connectivity index is 1.64. The van der Waals surface area contributed by atoms with Crippen molar-refractivity contribution in [2.24, 2.45) is 0 Å². The van der Waals surface area contributed by atoms with E-state index in [2.05, 4.69) is 12.2 Å². The second-order valence-electron chi connectivity index (χ2n) is 8.18. The number of carbonyl (C=O) groups is 2. The van der Waals surface area contributed by atoms with Gasteiger partial charge in [0.1, 0.15) is 11.5 Å². The molecule has 1 N–H and O–H groups in total. The lowest BCUT2D eigenvalue weighted by Gasteiger charge is -2.24. The highest BCUT2D eigenvalue weighted by atomic mass is 35.5. The quantitative estimate of drug-likeness (QED) is 0.742. The molecule has 1 aromatic heterocycles. The maximum Gasteiger partial charge on any atom is 0.270 e. The van der Waals surface area contributed by atoms with Gasteiger partial charge in [-0.25, -0.2) is 4.39 Å². The number of aromatic nitrogens is 1. The predicted octanol–water partition coefficient (Wildman–Crippen LogP) is 4.32. The highest BCUT2D eigenvalue weighted by Crippen LogP contribution is 2.29. The predicted molar refractivity (Wildman–Crippen MR) is 116 cm³/mol. The molecule has 0 bridgehead atoms. The molecule has 0 radical (unpaired) electrons. The van der Waals surface area contributed by atoms with Gasteiger partial charge in [-0.1, -0.05) is 18.5 Å². The molecule has 0 spiro atoms. The van der Waals surface area contributed by atoms with E-state index in [1.54, 1.807) is 6.07 Å². The van der Waals surface area contributed by atoms with Crippen molar-refractivity contribution in [2.75, 3.05) is 13.2 Å². The first-order valence-corrected chi connectivity index (χ1v) is 11.2. The van der Waals surface area contributed by atoms with Crippen LogP contribution in [0.15, 0.2) is 24.3 Å². The van der Waals surface area contributed by atoms with Crippen LogP contribution in [0, 0.1) is 5.82 Å². The maximum absolute atomic E-state index is 13.8. The standard InChI is InChI=1S/C23H27ClFN3O3/c1-3-19(16-11-15(25)6-7-18(16)24)26-22(29)17-12-20(28-9-10-31-13-21(17)28)23(30)27-8-4-5-14(27)2/h6-7,11-12,14,19H,3-5,8-10,13H2,1-2H3,(H,26,29)/t14?,19-/m1/s1. The van der Waals surface area contributed by atoms with Crippen molar-refractivity contribution in [1.29, 1.82) is 0 Å². The zero-order valence-electron chi connectivity index (χ0n) is 17.8. The number of fused-ring (bicyclic) bond motifs is 1. The highest BCUT2D eigenvalue weighted by molar-refractivity contribution is 6.31. The van der Waals surface area contributed by atoms with Gasteiger partial charge in [-0.3, -0.25) is 9.59 Å². The van der Waals surface area contributed by atoms with E-state index >= 15 is 0 Å². The van der Waals surface area contributed by atoms with E-state index in [4.69, 9.17) is 16.3 Å². The van der Waals surface area contributed by atoms with Crippen LogP contribution >= 0.6 is 11.6 Å². The number of rotatable bonds is 5. The highest BCUT2D eigenvalue weighted by Gasteiger charge is 2.32. The Morgan fingerprint density at radius 1 is 1.32 bits per heavy atom. The first-order valence-electron chi connectivity index (χ1n) is 10.8. The van der Waals surface area contributed by atoms with Crippen molar-refractivity contribution < 1.29 is 18.7 Å². The SMILES string of the molecule is CC[C@@H](NC(=O)c1cc(C(=O)N2CCCC2C)n2c1COCC2)c1cc(F)ccc1Cl. The molecule has 166 valence electrons. The van der Waals surface area contributed by atoms with Crippen LogP contribution in [0.2, 0.25) is 5.02 Å². The van der Waals surface area contributed by atoms with Crippen LogP contribution in [0.1, 0.15) is 71.3 Å². The molecular weight excluding hydrogens is 421 g/mol. The van der Waals surface area contributed by atoms with E-state index in [1.807, 2.05) is 16.4 Å². The van der Waals surface area contributed by atoms with Crippen LogP contribution in [0.5, 0.6) is 0 Å². The Hall–Kier alpha value is -2.38. The number of hydrogen-bond acceptors (Lipinski definition) is 3. The molecule has 2 aliphatic rings. The topological polar surface area (TPSA) is 63.6 Å². The molecule has 3 heterocycles. The van der Waals surface area contributed by atoms with Crippen LogP contribution in [-0.2, 0) is 17.9 Å². The average molecular weight is 448 g/mol. The number of ether oxygens (including phenoxy) is 1. The van der Waals surface area contributed by atoms with Gasteiger partial charge in [0.05, 0.1) is 30.5 Å². The van der Waals surface area contributed by atoms with Crippen LogP contribution in [0.25, 0.3) is 0 Å². The van der Waals surface area contributed by atoms with Gasteiger partial charge in [0.25, 0.3) is 11.8 Å². The van der Waals surface area contributed by atoms with E-state index in [-0.39, 0.29) is 24.5 Å². The minimum absolute atomic E-state index is 0.0487. The van der Waals surface area contributed by atoms with E-state index in [0.717, 1.165) is 19.4 Å². The van der Waals surface area contributed by atoms with Crippen LogP contribution in [0.4, 0.5) is 4.39 Å². The number of carbonyl (C=O) groups excluding carboxylic acids is 2. The number of halogens is 2. The minimum atomic E-state index is -0.450. The molecular formula is C23H27ClFN3O3. The number of likely N-dealkylation sites (tertiary alicyclic amines) is 1. The number of amides is 2. The molecule has 31 heavy (non-hydrogen) atoms. The maximum atomic E-state index is 13.8. The smallest absolute Gasteiger partial charge is 0.270 e. The first-order chi connectivity index (χ1) is 14.9. The molecule has 2 atom stereocenters. The van der Waals surface area contributed by atoms with Crippen molar-refractivity contribution in [1.82, 2.24) is 14.8 Å². The third kappa shape index (κ3) is 4.21. The van der Waals surface area contributed by atoms with Gasteiger partial charge in [-0.15, -0.1) is 0 Å². The van der Waals surface area contributed by atoms with Crippen molar-refractivity contribution in [3.05, 3.63) is 57.6 Å². The van der Waals surface area contributed by atoms with Gasteiger partial charge in [0.2, 0.25) is 0 Å². The van der Waals surface area contributed by atoms with E-state index in [0.29, 0.717) is 47.1 Å². The van der Waals surface area contributed by atoms with Crippen molar-refractivity contribution in [3.8, 4) is 0 Å². The lowest BCUT2D eigenvalue weighted by molar-refractivity contribution is 0.0683. The monoisotopic (exact) mass is 447 g/mol. The molecule has 1 fully saturated rings. The van der Waals surface area contributed by atoms with Crippen molar-refractivity contribution >= 4 is 23.4 Å². The minimum Gasteiger partial charge on any atom is -0.373 e. The molecule has 1 aromatic carbocycles. The number of nitrogens with one attached hydrogen (secondary N) is 1. The summed E-state index contributed by atoms with van der Waals surface area (Å²) in [6.45, 7) is 5.97. The van der Waals surface area contributed by atoms with E-state index in [9.17, 15) is 14.0 Å².